The topological polar surface area (TPSA) is 49.3 Å². The molecule has 0 unspecified atom stereocenters. The van der Waals surface area contributed by atoms with Crippen LogP contribution in [0.4, 0.5) is 0 Å². The van der Waals surface area contributed by atoms with Crippen molar-refractivity contribution in [3.05, 3.63) is 35.4 Å². The van der Waals surface area contributed by atoms with E-state index in [-0.39, 0.29) is 12.5 Å². The number of carbonyl (C=O) groups is 1. The number of carbonyl (C=O) groups excluding carboxylic acids is 1. The van der Waals surface area contributed by atoms with E-state index in [0.717, 1.165) is 12.8 Å². The standard InChI is InChI=1S/C12H15NO2/c1-9(15)13-12(8-14)6-10-4-2-3-5-11(10)7-12/h2-5,14H,6-8H2,1H3,(H,13,15). The molecule has 3 heteroatoms. The third kappa shape index (κ3) is 1.88. The first-order valence-corrected chi connectivity index (χ1v) is 5.12. The smallest absolute Gasteiger partial charge is 0.217 e. The average Bonchev–Trinajstić information content (AvgIpc) is 2.55. The number of aliphatic hydroxyl groups is 1. The van der Waals surface area contributed by atoms with E-state index in [1.807, 2.05) is 12.1 Å². The summed E-state index contributed by atoms with van der Waals surface area (Å²) in [5.41, 5.74) is 1.97. The molecule has 3 nitrogen and oxygen atoms in total. The zero-order chi connectivity index (χ0) is 10.9. The van der Waals surface area contributed by atoms with Crippen molar-refractivity contribution in [3.63, 3.8) is 0 Å². The highest BCUT2D eigenvalue weighted by Gasteiger charge is 2.37. The van der Waals surface area contributed by atoms with E-state index in [0.29, 0.717) is 0 Å². The number of rotatable bonds is 2. The fourth-order valence-electron chi connectivity index (χ4n) is 2.31. The Morgan fingerprint density at radius 3 is 2.33 bits per heavy atom. The van der Waals surface area contributed by atoms with Crippen LogP contribution in [0, 0.1) is 0 Å². The van der Waals surface area contributed by atoms with Gasteiger partial charge in [0.1, 0.15) is 0 Å². The molecule has 0 saturated carbocycles. The van der Waals surface area contributed by atoms with Crippen LogP contribution >= 0.6 is 0 Å². The summed E-state index contributed by atoms with van der Waals surface area (Å²) in [6.07, 6.45) is 1.44. The van der Waals surface area contributed by atoms with Crippen LogP contribution < -0.4 is 5.32 Å². The summed E-state index contributed by atoms with van der Waals surface area (Å²) in [5, 5.41) is 12.3. The Balaban J connectivity index is 2.25. The third-order valence-electron chi connectivity index (χ3n) is 2.92. The van der Waals surface area contributed by atoms with E-state index in [9.17, 15) is 9.90 Å². The minimum atomic E-state index is -0.477. The van der Waals surface area contributed by atoms with Gasteiger partial charge in [0.05, 0.1) is 12.1 Å². The SMILES string of the molecule is CC(=O)NC1(CO)Cc2ccccc2C1. The Kier molecular flexibility index (Phi) is 2.49. The summed E-state index contributed by atoms with van der Waals surface area (Å²) in [6.45, 7) is 1.47. The number of amides is 1. The molecule has 2 rings (SSSR count). The Labute approximate surface area is 89.1 Å². The van der Waals surface area contributed by atoms with Crippen LogP contribution in [0.25, 0.3) is 0 Å². The van der Waals surface area contributed by atoms with E-state index in [1.165, 1.54) is 18.1 Å². The zero-order valence-electron chi connectivity index (χ0n) is 8.79. The van der Waals surface area contributed by atoms with Gasteiger partial charge in [0, 0.05) is 6.92 Å². The predicted molar refractivity (Wildman–Crippen MR) is 57.5 cm³/mol. The molecule has 0 atom stereocenters. The molecule has 1 aliphatic carbocycles. The molecule has 1 aromatic rings. The largest absolute Gasteiger partial charge is 0.394 e. The quantitative estimate of drug-likeness (QED) is 0.745. The van der Waals surface area contributed by atoms with E-state index < -0.39 is 5.54 Å². The predicted octanol–water partition coefficient (Wildman–Crippen LogP) is 0.652. The summed E-state index contributed by atoms with van der Waals surface area (Å²) >= 11 is 0. The summed E-state index contributed by atoms with van der Waals surface area (Å²) in [6, 6.07) is 8.07. The Bertz CT molecular complexity index is 362. The van der Waals surface area contributed by atoms with Gasteiger partial charge >= 0.3 is 0 Å². The first-order valence-electron chi connectivity index (χ1n) is 5.12. The number of nitrogens with one attached hydrogen (secondary N) is 1. The second-order valence-corrected chi connectivity index (χ2v) is 4.24. The van der Waals surface area contributed by atoms with Crippen molar-refractivity contribution in [2.24, 2.45) is 0 Å². The molecule has 0 bridgehead atoms. The van der Waals surface area contributed by atoms with Gasteiger partial charge in [-0.1, -0.05) is 24.3 Å². The lowest BCUT2D eigenvalue weighted by atomic mass is 9.97. The van der Waals surface area contributed by atoms with Crippen LogP contribution in [0.3, 0.4) is 0 Å². The van der Waals surface area contributed by atoms with Gasteiger partial charge in [0.15, 0.2) is 0 Å². The fourth-order valence-corrected chi connectivity index (χ4v) is 2.31. The van der Waals surface area contributed by atoms with Crippen molar-refractivity contribution in [1.82, 2.24) is 5.32 Å². The lowest BCUT2D eigenvalue weighted by molar-refractivity contribution is -0.121. The van der Waals surface area contributed by atoms with Gasteiger partial charge in [-0.15, -0.1) is 0 Å². The molecular weight excluding hydrogens is 190 g/mol. The Hall–Kier alpha value is -1.35. The first kappa shape index (κ1) is 10.2. The second-order valence-electron chi connectivity index (χ2n) is 4.24. The maximum Gasteiger partial charge on any atom is 0.217 e. The Morgan fingerprint density at radius 1 is 1.40 bits per heavy atom. The Morgan fingerprint density at radius 2 is 1.93 bits per heavy atom. The van der Waals surface area contributed by atoms with Crippen LogP contribution in [0.1, 0.15) is 18.1 Å². The van der Waals surface area contributed by atoms with Crippen molar-refractivity contribution in [2.75, 3.05) is 6.61 Å². The van der Waals surface area contributed by atoms with Gasteiger partial charge < -0.3 is 10.4 Å². The molecule has 15 heavy (non-hydrogen) atoms. The molecule has 0 spiro atoms. The van der Waals surface area contributed by atoms with Gasteiger partial charge in [-0.3, -0.25) is 4.79 Å². The molecule has 0 radical (unpaired) electrons. The highest BCUT2D eigenvalue weighted by molar-refractivity contribution is 5.74. The molecule has 1 aromatic carbocycles. The van der Waals surface area contributed by atoms with Gasteiger partial charge in [-0.05, 0) is 24.0 Å². The lowest BCUT2D eigenvalue weighted by Crippen LogP contribution is -2.51. The fraction of sp³-hybridized carbons (Fsp3) is 0.417. The van der Waals surface area contributed by atoms with Crippen molar-refractivity contribution in [1.29, 1.82) is 0 Å². The van der Waals surface area contributed by atoms with Crippen LogP contribution in [-0.2, 0) is 17.6 Å². The minimum absolute atomic E-state index is 0.0126. The van der Waals surface area contributed by atoms with Crippen molar-refractivity contribution >= 4 is 5.91 Å². The molecule has 2 N–H and O–H groups in total. The maximum absolute atomic E-state index is 11.1. The number of hydrogen-bond donors (Lipinski definition) is 2. The normalized spacial score (nSPS) is 17.2. The monoisotopic (exact) mass is 205 g/mol. The summed E-state index contributed by atoms with van der Waals surface area (Å²) in [4.78, 5) is 11.1. The molecule has 0 saturated heterocycles. The van der Waals surface area contributed by atoms with E-state index in [1.54, 1.807) is 0 Å². The third-order valence-corrected chi connectivity index (χ3v) is 2.92. The second kappa shape index (κ2) is 3.66. The maximum atomic E-state index is 11.1. The first-order chi connectivity index (χ1) is 7.15. The average molecular weight is 205 g/mol. The van der Waals surface area contributed by atoms with E-state index >= 15 is 0 Å². The zero-order valence-corrected chi connectivity index (χ0v) is 8.79. The van der Waals surface area contributed by atoms with Gasteiger partial charge in [-0.25, -0.2) is 0 Å². The van der Waals surface area contributed by atoms with Crippen molar-refractivity contribution < 1.29 is 9.90 Å². The number of fused-ring (bicyclic) bond motifs is 1. The molecule has 0 fully saturated rings. The van der Waals surface area contributed by atoms with Gasteiger partial charge in [0.2, 0.25) is 5.91 Å². The molecular formula is C12H15NO2. The molecule has 1 amide bonds. The summed E-state index contributed by atoms with van der Waals surface area (Å²) in [5.74, 6) is -0.0862. The highest BCUT2D eigenvalue weighted by atomic mass is 16.3. The molecule has 1 aliphatic rings. The van der Waals surface area contributed by atoms with Crippen LogP contribution in [-0.4, -0.2) is 23.2 Å². The lowest BCUT2D eigenvalue weighted by Gasteiger charge is -2.27. The minimum Gasteiger partial charge on any atom is -0.394 e. The highest BCUT2D eigenvalue weighted by Crippen LogP contribution is 2.29. The van der Waals surface area contributed by atoms with Crippen LogP contribution in [0.15, 0.2) is 24.3 Å². The number of aliphatic hydroxyl groups excluding tert-OH is 1. The molecule has 0 aromatic heterocycles. The van der Waals surface area contributed by atoms with Crippen LogP contribution in [0.2, 0.25) is 0 Å². The summed E-state index contributed by atoms with van der Waals surface area (Å²) < 4.78 is 0. The van der Waals surface area contributed by atoms with E-state index in [2.05, 4.69) is 17.4 Å². The van der Waals surface area contributed by atoms with Crippen LogP contribution in [0.5, 0.6) is 0 Å². The number of hydrogen-bond acceptors (Lipinski definition) is 2. The number of benzene rings is 1. The van der Waals surface area contributed by atoms with Crippen molar-refractivity contribution in [2.45, 2.75) is 25.3 Å². The van der Waals surface area contributed by atoms with Gasteiger partial charge in [0.25, 0.3) is 0 Å². The van der Waals surface area contributed by atoms with Crippen molar-refractivity contribution in [3.8, 4) is 0 Å². The van der Waals surface area contributed by atoms with Gasteiger partial charge in [-0.2, -0.15) is 0 Å². The van der Waals surface area contributed by atoms with E-state index in [4.69, 9.17) is 0 Å². The molecule has 80 valence electrons. The molecule has 0 aliphatic heterocycles. The summed E-state index contributed by atoms with van der Waals surface area (Å²) in [7, 11) is 0. The molecule has 0 heterocycles.